The van der Waals surface area contributed by atoms with Crippen molar-refractivity contribution in [1.82, 2.24) is 5.43 Å². The first-order valence-corrected chi connectivity index (χ1v) is 9.29. The molecule has 152 valence electrons. The van der Waals surface area contributed by atoms with E-state index in [0.29, 0.717) is 12.2 Å². The number of carbonyl (C=O) groups is 1. The van der Waals surface area contributed by atoms with Gasteiger partial charge in [-0.25, -0.2) is 5.43 Å². The minimum Gasteiger partial charge on any atom is -0.489 e. The first-order valence-electron chi connectivity index (χ1n) is 9.29. The van der Waals surface area contributed by atoms with E-state index in [2.05, 4.69) is 10.5 Å². The van der Waals surface area contributed by atoms with E-state index in [1.807, 2.05) is 55.5 Å². The Bertz CT molecular complexity index is 1070. The molecule has 7 heteroatoms. The number of nitro groups is 1. The Kier molecular flexibility index (Phi) is 6.54. The summed E-state index contributed by atoms with van der Waals surface area (Å²) >= 11 is 0. The molecule has 0 spiro atoms. The average molecular weight is 403 g/mol. The molecule has 0 atom stereocenters. The van der Waals surface area contributed by atoms with Gasteiger partial charge in [0, 0.05) is 17.2 Å². The number of nitrogens with one attached hydrogen (secondary N) is 1. The molecule has 3 aromatic carbocycles. The molecular weight excluding hydrogens is 382 g/mol. The van der Waals surface area contributed by atoms with E-state index in [4.69, 9.17) is 4.74 Å². The van der Waals surface area contributed by atoms with E-state index in [0.717, 1.165) is 16.9 Å². The van der Waals surface area contributed by atoms with Crippen LogP contribution in [0.5, 0.6) is 5.75 Å². The number of aryl methyl sites for hydroxylation is 2. The Balaban J connectivity index is 1.55. The van der Waals surface area contributed by atoms with Crippen LogP contribution in [-0.4, -0.2) is 17.0 Å². The zero-order valence-electron chi connectivity index (χ0n) is 16.7. The summed E-state index contributed by atoms with van der Waals surface area (Å²) in [4.78, 5) is 22.6. The van der Waals surface area contributed by atoms with Gasteiger partial charge in [-0.05, 0) is 55.3 Å². The number of nitrogens with zero attached hydrogens (tertiary/aromatic N) is 2. The molecule has 0 radical (unpaired) electrons. The molecule has 0 fully saturated rings. The van der Waals surface area contributed by atoms with Crippen molar-refractivity contribution in [1.29, 1.82) is 0 Å². The topological polar surface area (TPSA) is 93.8 Å². The second kappa shape index (κ2) is 9.47. The second-order valence-corrected chi connectivity index (χ2v) is 6.80. The predicted molar refractivity (Wildman–Crippen MR) is 115 cm³/mol. The largest absolute Gasteiger partial charge is 0.489 e. The molecule has 3 rings (SSSR count). The van der Waals surface area contributed by atoms with E-state index >= 15 is 0 Å². The third kappa shape index (κ3) is 5.51. The number of hydrogen-bond acceptors (Lipinski definition) is 5. The summed E-state index contributed by atoms with van der Waals surface area (Å²) in [5, 5.41) is 14.9. The van der Waals surface area contributed by atoms with Crippen molar-refractivity contribution >= 4 is 17.8 Å². The van der Waals surface area contributed by atoms with Crippen LogP contribution in [0.4, 0.5) is 5.69 Å². The quantitative estimate of drug-likeness (QED) is 0.356. The first kappa shape index (κ1) is 20.7. The van der Waals surface area contributed by atoms with Crippen LogP contribution in [0.2, 0.25) is 0 Å². The zero-order valence-corrected chi connectivity index (χ0v) is 16.7. The van der Waals surface area contributed by atoms with Gasteiger partial charge in [0.2, 0.25) is 0 Å². The molecule has 0 aliphatic carbocycles. The fraction of sp³-hybridized carbons (Fsp3) is 0.130. The first-order chi connectivity index (χ1) is 14.4. The number of amides is 1. The maximum atomic E-state index is 12.1. The van der Waals surface area contributed by atoms with Gasteiger partial charge >= 0.3 is 0 Å². The third-order valence-corrected chi connectivity index (χ3v) is 4.45. The van der Waals surface area contributed by atoms with Crippen LogP contribution in [-0.2, 0) is 6.61 Å². The van der Waals surface area contributed by atoms with Crippen molar-refractivity contribution < 1.29 is 14.5 Å². The van der Waals surface area contributed by atoms with Crippen molar-refractivity contribution in [2.24, 2.45) is 5.10 Å². The van der Waals surface area contributed by atoms with Gasteiger partial charge in [0.25, 0.3) is 11.6 Å². The minimum atomic E-state index is -0.521. The molecule has 1 N–H and O–H groups in total. The summed E-state index contributed by atoms with van der Waals surface area (Å²) < 4.78 is 5.76. The molecule has 0 bridgehead atoms. The van der Waals surface area contributed by atoms with E-state index < -0.39 is 10.8 Å². The fourth-order valence-corrected chi connectivity index (χ4v) is 2.68. The highest BCUT2D eigenvalue weighted by molar-refractivity contribution is 5.95. The lowest BCUT2D eigenvalue weighted by Gasteiger charge is -2.07. The van der Waals surface area contributed by atoms with Gasteiger partial charge in [0.15, 0.2) is 0 Å². The van der Waals surface area contributed by atoms with Crippen molar-refractivity contribution in [3.63, 3.8) is 0 Å². The van der Waals surface area contributed by atoms with Crippen LogP contribution in [0.25, 0.3) is 0 Å². The number of benzene rings is 3. The van der Waals surface area contributed by atoms with Crippen LogP contribution in [0.15, 0.2) is 71.8 Å². The summed E-state index contributed by atoms with van der Waals surface area (Å²) in [7, 11) is 0. The fourth-order valence-electron chi connectivity index (χ4n) is 2.68. The average Bonchev–Trinajstić information content (AvgIpc) is 2.74. The molecule has 0 aliphatic heterocycles. The SMILES string of the molecule is Cc1ccc(COc2ccc(/C=N\NC(=O)c3ccc(C)c([N+](=O)[O-])c3)cc2)cc1. The van der Waals surface area contributed by atoms with E-state index in [1.54, 1.807) is 6.92 Å². The van der Waals surface area contributed by atoms with Gasteiger partial charge < -0.3 is 4.74 Å². The summed E-state index contributed by atoms with van der Waals surface area (Å²) in [5.74, 6) is 0.205. The number of hydrazone groups is 1. The van der Waals surface area contributed by atoms with Crippen molar-refractivity contribution in [2.45, 2.75) is 20.5 Å². The van der Waals surface area contributed by atoms with Crippen LogP contribution < -0.4 is 10.2 Å². The van der Waals surface area contributed by atoms with Crippen molar-refractivity contribution in [2.75, 3.05) is 0 Å². The summed E-state index contributed by atoms with van der Waals surface area (Å²) in [6, 6.07) is 19.7. The molecule has 0 saturated carbocycles. The highest BCUT2D eigenvalue weighted by Crippen LogP contribution is 2.19. The van der Waals surface area contributed by atoms with Crippen LogP contribution >= 0.6 is 0 Å². The van der Waals surface area contributed by atoms with E-state index in [9.17, 15) is 14.9 Å². The number of carbonyl (C=O) groups excluding carboxylic acids is 1. The molecule has 0 heterocycles. The molecule has 7 nitrogen and oxygen atoms in total. The predicted octanol–water partition coefficient (Wildman–Crippen LogP) is 4.55. The third-order valence-electron chi connectivity index (χ3n) is 4.45. The van der Waals surface area contributed by atoms with Crippen molar-refractivity contribution in [3.05, 3.63) is 105 Å². The number of hydrogen-bond donors (Lipinski definition) is 1. The van der Waals surface area contributed by atoms with Gasteiger partial charge in [-0.1, -0.05) is 35.9 Å². The minimum absolute atomic E-state index is 0.104. The molecule has 0 unspecified atom stereocenters. The number of ether oxygens (including phenoxy) is 1. The lowest BCUT2D eigenvalue weighted by atomic mass is 10.1. The Morgan fingerprint density at radius 3 is 2.43 bits per heavy atom. The van der Waals surface area contributed by atoms with Gasteiger partial charge in [-0.15, -0.1) is 0 Å². The van der Waals surface area contributed by atoms with Crippen LogP contribution in [0.1, 0.15) is 32.6 Å². The highest BCUT2D eigenvalue weighted by Gasteiger charge is 2.14. The molecule has 0 saturated heterocycles. The Morgan fingerprint density at radius 1 is 1.07 bits per heavy atom. The van der Waals surface area contributed by atoms with Crippen LogP contribution in [0.3, 0.4) is 0 Å². The molecular formula is C23H21N3O4. The lowest BCUT2D eigenvalue weighted by Crippen LogP contribution is -2.17. The van der Waals surface area contributed by atoms with Gasteiger partial charge in [0.1, 0.15) is 12.4 Å². The van der Waals surface area contributed by atoms with Gasteiger partial charge in [0.05, 0.1) is 11.1 Å². The second-order valence-electron chi connectivity index (χ2n) is 6.80. The lowest BCUT2D eigenvalue weighted by molar-refractivity contribution is -0.385. The summed E-state index contributed by atoms with van der Waals surface area (Å²) in [6.07, 6.45) is 1.49. The molecule has 0 aromatic heterocycles. The standard InChI is InChI=1S/C23H21N3O4/c1-16-3-6-19(7-4-16)15-30-21-11-8-18(9-12-21)14-24-25-23(27)20-10-5-17(2)22(13-20)26(28)29/h3-14H,15H2,1-2H3,(H,25,27)/b24-14-. The maximum Gasteiger partial charge on any atom is 0.273 e. The Hall–Kier alpha value is -4.00. The molecule has 3 aromatic rings. The smallest absolute Gasteiger partial charge is 0.273 e. The van der Waals surface area contributed by atoms with Crippen LogP contribution in [0, 0.1) is 24.0 Å². The normalized spacial score (nSPS) is 10.7. The van der Waals surface area contributed by atoms with Crippen molar-refractivity contribution in [3.8, 4) is 5.75 Å². The Labute approximate surface area is 174 Å². The van der Waals surface area contributed by atoms with E-state index in [1.165, 1.54) is 30.0 Å². The summed E-state index contributed by atoms with van der Waals surface area (Å²) in [6.45, 7) is 4.14. The molecule has 30 heavy (non-hydrogen) atoms. The number of rotatable bonds is 7. The van der Waals surface area contributed by atoms with Gasteiger partial charge in [-0.2, -0.15) is 5.10 Å². The molecule has 0 aliphatic rings. The maximum absolute atomic E-state index is 12.1. The Morgan fingerprint density at radius 2 is 1.77 bits per heavy atom. The van der Waals surface area contributed by atoms with Gasteiger partial charge in [-0.3, -0.25) is 14.9 Å². The number of nitro benzene ring substituents is 1. The monoisotopic (exact) mass is 403 g/mol. The highest BCUT2D eigenvalue weighted by atomic mass is 16.6. The van der Waals surface area contributed by atoms with E-state index in [-0.39, 0.29) is 11.3 Å². The summed E-state index contributed by atoms with van der Waals surface area (Å²) in [5.41, 5.74) is 6.00. The molecule has 1 amide bonds. The zero-order chi connectivity index (χ0) is 21.5.